The lowest BCUT2D eigenvalue weighted by molar-refractivity contribution is 0.0865. The van der Waals surface area contributed by atoms with Crippen molar-refractivity contribution in [2.24, 2.45) is 0 Å². The third-order valence-corrected chi connectivity index (χ3v) is 9.89. The summed E-state index contributed by atoms with van der Waals surface area (Å²) in [6, 6.07) is 15.4. The quantitative estimate of drug-likeness (QED) is 0.158. The van der Waals surface area contributed by atoms with Crippen LogP contribution in [0, 0.1) is 17.1 Å². The van der Waals surface area contributed by atoms with Crippen molar-refractivity contribution in [3.63, 3.8) is 0 Å². The Hall–Kier alpha value is -4.76. The van der Waals surface area contributed by atoms with Crippen molar-refractivity contribution in [1.29, 1.82) is 5.26 Å². The molecule has 1 saturated heterocycles. The lowest BCUT2D eigenvalue weighted by atomic mass is 9.94. The number of benzene rings is 3. The standard InChI is InChI=1S/C36H34Cl2FN9O/c1-36(2,3)47-11-9-24(10-12-47)48-19-30(45-46-48)34(25-6-4-5-20-17-42-35(49)31(20)25)44-23-13-26-32(43-22-7-8-29(39)27(37)14-22)21(16-40)18-41-33(26)28(38)15-23/h4-8,13-15,18-19,24,34,44H,9-12,17H2,1-3H3,(H,41,43)(H,42,49). The molecule has 2 aliphatic rings. The van der Waals surface area contributed by atoms with Crippen molar-refractivity contribution in [1.82, 2.24) is 30.2 Å². The van der Waals surface area contributed by atoms with E-state index in [-0.39, 0.29) is 28.1 Å². The van der Waals surface area contributed by atoms with Gasteiger partial charge in [0.2, 0.25) is 0 Å². The highest BCUT2D eigenvalue weighted by atomic mass is 35.5. The smallest absolute Gasteiger partial charge is 0.252 e. The predicted octanol–water partition coefficient (Wildman–Crippen LogP) is 7.77. The van der Waals surface area contributed by atoms with Crippen molar-refractivity contribution in [2.75, 3.05) is 23.7 Å². The van der Waals surface area contributed by atoms with Crippen LogP contribution in [0.15, 0.2) is 60.9 Å². The number of amides is 1. The van der Waals surface area contributed by atoms with Crippen LogP contribution in [0.4, 0.5) is 21.5 Å². The number of fused-ring (bicyclic) bond motifs is 2. The van der Waals surface area contributed by atoms with Gasteiger partial charge in [0.1, 0.15) is 17.6 Å². The first-order valence-electron chi connectivity index (χ1n) is 16.1. The van der Waals surface area contributed by atoms with E-state index >= 15 is 0 Å². The van der Waals surface area contributed by atoms with Crippen LogP contribution >= 0.6 is 23.2 Å². The summed E-state index contributed by atoms with van der Waals surface area (Å²) in [5.41, 5.74) is 5.25. The van der Waals surface area contributed by atoms with Crippen molar-refractivity contribution in [3.8, 4) is 6.07 Å². The monoisotopic (exact) mass is 697 g/mol. The first kappa shape index (κ1) is 32.8. The summed E-state index contributed by atoms with van der Waals surface area (Å²) in [4.78, 5) is 20.1. The number of nitrogens with zero attached hydrogens (tertiary/aromatic N) is 6. The molecule has 2 aliphatic heterocycles. The highest BCUT2D eigenvalue weighted by Crippen LogP contribution is 2.38. The van der Waals surface area contributed by atoms with E-state index in [9.17, 15) is 14.4 Å². The van der Waals surface area contributed by atoms with Gasteiger partial charge in [-0.1, -0.05) is 46.6 Å². The van der Waals surface area contributed by atoms with Crippen molar-refractivity contribution < 1.29 is 9.18 Å². The highest BCUT2D eigenvalue weighted by Gasteiger charge is 2.32. The Kier molecular flexibility index (Phi) is 8.65. The second-order valence-corrected chi connectivity index (χ2v) is 14.2. The minimum atomic E-state index is -0.574. The van der Waals surface area contributed by atoms with Crippen LogP contribution in [-0.4, -0.2) is 49.4 Å². The van der Waals surface area contributed by atoms with E-state index < -0.39 is 11.9 Å². The van der Waals surface area contributed by atoms with E-state index in [0.717, 1.165) is 37.1 Å². The average Bonchev–Trinajstić information content (AvgIpc) is 3.73. The number of hydrogen-bond acceptors (Lipinski definition) is 8. The molecule has 13 heteroatoms. The first-order valence-corrected chi connectivity index (χ1v) is 16.8. The zero-order chi connectivity index (χ0) is 34.4. The fourth-order valence-electron chi connectivity index (χ4n) is 6.71. The molecule has 2 aromatic heterocycles. The Morgan fingerprint density at radius 3 is 2.59 bits per heavy atom. The van der Waals surface area contributed by atoms with Gasteiger partial charge < -0.3 is 16.0 Å². The number of rotatable bonds is 7. The minimum Gasteiger partial charge on any atom is -0.373 e. The zero-order valence-corrected chi connectivity index (χ0v) is 28.7. The van der Waals surface area contributed by atoms with E-state index in [1.807, 2.05) is 35.1 Å². The van der Waals surface area contributed by atoms with Gasteiger partial charge in [0, 0.05) is 53.7 Å². The highest BCUT2D eigenvalue weighted by molar-refractivity contribution is 6.36. The molecule has 3 aromatic carbocycles. The average molecular weight is 699 g/mol. The normalized spacial score (nSPS) is 15.9. The molecule has 0 bridgehead atoms. The molecule has 1 atom stereocenters. The molecule has 0 aliphatic carbocycles. The van der Waals surface area contributed by atoms with Crippen LogP contribution in [0.2, 0.25) is 10.0 Å². The number of aromatic nitrogens is 4. The van der Waals surface area contributed by atoms with Crippen LogP contribution in [0.5, 0.6) is 0 Å². The lowest BCUT2D eigenvalue weighted by Crippen LogP contribution is -2.46. The molecule has 1 fully saturated rings. The van der Waals surface area contributed by atoms with Crippen molar-refractivity contribution in [3.05, 3.63) is 105 Å². The summed E-state index contributed by atoms with van der Waals surface area (Å²) in [7, 11) is 0. The largest absolute Gasteiger partial charge is 0.373 e. The number of pyridine rings is 1. The molecule has 0 spiro atoms. The Morgan fingerprint density at radius 2 is 1.86 bits per heavy atom. The third kappa shape index (κ3) is 6.39. The number of halogens is 3. The van der Waals surface area contributed by atoms with Gasteiger partial charge in [-0.25, -0.2) is 9.07 Å². The van der Waals surface area contributed by atoms with Crippen LogP contribution in [0.25, 0.3) is 10.9 Å². The third-order valence-electron chi connectivity index (χ3n) is 9.32. The van der Waals surface area contributed by atoms with Crippen LogP contribution in [-0.2, 0) is 6.54 Å². The predicted molar refractivity (Wildman–Crippen MR) is 189 cm³/mol. The summed E-state index contributed by atoms with van der Waals surface area (Å²) in [5.74, 6) is -0.704. The Morgan fingerprint density at radius 1 is 1.08 bits per heavy atom. The number of nitriles is 1. The summed E-state index contributed by atoms with van der Waals surface area (Å²) in [5, 5.41) is 29.8. The van der Waals surface area contributed by atoms with Gasteiger partial charge in [0.05, 0.1) is 45.1 Å². The van der Waals surface area contributed by atoms with Crippen LogP contribution < -0.4 is 16.0 Å². The molecule has 1 unspecified atom stereocenters. The maximum atomic E-state index is 13.9. The van der Waals surface area contributed by atoms with Crippen molar-refractivity contribution in [2.45, 2.75) is 57.8 Å². The molecule has 3 N–H and O–H groups in total. The molecular formula is C36H34Cl2FN9O. The molecule has 49 heavy (non-hydrogen) atoms. The van der Waals surface area contributed by atoms with E-state index in [1.165, 1.54) is 24.4 Å². The van der Waals surface area contributed by atoms with Crippen LogP contribution in [0.3, 0.4) is 0 Å². The number of anilines is 3. The summed E-state index contributed by atoms with van der Waals surface area (Å²) < 4.78 is 15.9. The Balaban J connectivity index is 1.29. The Bertz CT molecular complexity index is 2130. The van der Waals surface area contributed by atoms with Gasteiger partial charge in [-0.15, -0.1) is 5.10 Å². The number of piperidine rings is 1. The van der Waals surface area contributed by atoms with Crippen LogP contribution in [0.1, 0.15) is 78.4 Å². The molecule has 5 aromatic rings. The molecular weight excluding hydrogens is 664 g/mol. The van der Waals surface area contributed by atoms with Gasteiger partial charge in [-0.3, -0.25) is 14.7 Å². The minimum absolute atomic E-state index is 0.0580. The molecule has 0 radical (unpaired) electrons. The second-order valence-electron chi connectivity index (χ2n) is 13.4. The number of nitrogens with one attached hydrogen (secondary N) is 3. The van der Waals surface area contributed by atoms with E-state index in [2.05, 4.69) is 63.0 Å². The molecule has 10 nitrogen and oxygen atoms in total. The Labute approximate surface area is 293 Å². The number of carbonyl (C=O) groups is 1. The fourth-order valence-corrected chi connectivity index (χ4v) is 7.16. The second kappa shape index (κ2) is 12.9. The van der Waals surface area contributed by atoms with E-state index in [0.29, 0.717) is 50.8 Å². The first-order chi connectivity index (χ1) is 23.5. The number of hydrogen-bond donors (Lipinski definition) is 3. The SMILES string of the molecule is CC(C)(C)N1CCC(n2cc(C(Nc3cc(Cl)c4ncc(C#N)c(Nc5ccc(F)c(Cl)c5)c4c3)c3cccc4c3C(=O)NC4)nn2)CC1. The topological polar surface area (TPSA) is 124 Å². The molecule has 1 amide bonds. The van der Waals surface area contributed by atoms with Gasteiger partial charge in [-0.05, 0) is 75.1 Å². The number of likely N-dealkylation sites (tertiary alicyclic amines) is 1. The maximum absolute atomic E-state index is 13.9. The lowest BCUT2D eigenvalue weighted by Gasteiger charge is -2.40. The zero-order valence-electron chi connectivity index (χ0n) is 27.2. The molecule has 4 heterocycles. The summed E-state index contributed by atoms with van der Waals surface area (Å²) in [6.07, 6.45) is 5.30. The van der Waals surface area contributed by atoms with E-state index in [1.54, 1.807) is 6.07 Å². The van der Waals surface area contributed by atoms with Gasteiger partial charge >= 0.3 is 0 Å². The van der Waals surface area contributed by atoms with E-state index in [4.69, 9.17) is 23.2 Å². The van der Waals surface area contributed by atoms with Gasteiger partial charge in [0.15, 0.2) is 0 Å². The molecule has 250 valence electrons. The van der Waals surface area contributed by atoms with Crippen molar-refractivity contribution >= 4 is 57.1 Å². The van der Waals surface area contributed by atoms with Gasteiger partial charge in [-0.2, -0.15) is 5.26 Å². The maximum Gasteiger partial charge on any atom is 0.252 e. The van der Waals surface area contributed by atoms with Gasteiger partial charge in [0.25, 0.3) is 5.91 Å². The molecule has 0 saturated carbocycles. The summed E-state index contributed by atoms with van der Waals surface area (Å²) in [6.45, 7) is 9.08. The fraction of sp³-hybridized carbons (Fsp3) is 0.306. The summed E-state index contributed by atoms with van der Waals surface area (Å²) >= 11 is 12.9. The number of carbonyl (C=O) groups excluding carboxylic acids is 1. The molecule has 7 rings (SSSR count).